The molecule has 5 nitrogen and oxygen atoms in total. The lowest BCUT2D eigenvalue weighted by atomic mass is 10.1. The third-order valence-corrected chi connectivity index (χ3v) is 6.36. The van der Waals surface area contributed by atoms with Gasteiger partial charge >= 0.3 is 0 Å². The van der Waals surface area contributed by atoms with Gasteiger partial charge in [-0.25, -0.2) is 0 Å². The maximum atomic E-state index is 12.8. The van der Waals surface area contributed by atoms with Crippen LogP contribution in [-0.4, -0.2) is 48.6 Å². The molecule has 3 heterocycles. The second-order valence-electron chi connectivity index (χ2n) is 7.02. The van der Waals surface area contributed by atoms with Crippen molar-refractivity contribution in [2.75, 3.05) is 32.8 Å². The van der Waals surface area contributed by atoms with Crippen LogP contribution in [0.15, 0.2) is 35.7 Å². The molecule has 2 aromatic heterocycles. The van der Waals surface area contributed by atoms with Crippen molar-refractivity contribution in [3.05, 3.63) is 57.4 Å². The summed E-state index contributed by atoms with van der Waals surface area (Å²) in [6.45, 7) is 8.03. The zero-order valence-corrected chi connectivity index (χ0v) is 16.6. The monoisotopic (exact) mass is 383 g/mol. The fourth-order valence-electron chi connectivity index (χ4n) is 3.67. The molecule has 0 radical (unpaired) electrons. The number of rotatable bonds is 5. The number of aromatic nitrogens is 1. The maximum Gasteiger partial charge on any atom is 0.251 e. The van der Waals surface area contributed by atoms with E-state index in [9.17, 15) is 4.79 Å². The molecule has 1 saturated heterocycles. The van der Waals surface area contributed by atoms with Crippen molar-refractivity contribution in [1.29, 1.82) is 0 Å². The lowest BCUT2D eigenvalue weighted by molar-refractivity contribution is 0.0169. The van der Waals surface area contributed by atoms with E-state index in [2.05, 4.69) is 46.6 Å². The summed E-state index contributed by atoms with van der Waals surface area (Å²) in [4.78, 5) is 19.8. The highest BCUT2D eigenvalue weighted by Crippen LogP contribution is 2.26. The van der Waals surface area contributed by atoms with E-state index in [4.69, 9.17) is 4.74 Å². The van der Waals surface area contributed by atoms with Crippen LogP contribution in [0.4, 0.5) is 0 Å². The molecular weight excluding hydrogens is 358 g/mol. The number of hydrogen-bond acceptors (Lipinski definition) is 4. The highest BCUT2D eigenvalue weighted by molar-refractivity contribution is 7.10. The van der Waals surface area contributed by atoms with Gasteiger partial charge in [0, 0.05) is 46.7 Å². The third-order valence-electron chi connectivity index (χ3n) is 5.38. The summed E-state index contributed by atoms with van der Waals surface area (Å²) in [5, 5.41) is 6.36. The number of carbonyl (C=O) groups is 1. The van der Waals surface area contributed by atoms with Gasteiger partial charge in [-0.2, -0.15) is 0 Å². The van der Waals surface area contributed by atoms with Gasteiger partial charge in [-0.05, 0) is 49.1 Å². The first-order valence-electron chi connectivity index (χ1n) is 9.36. The number of benzene rings is 1. The summed E-state index contributed by atoms with van der Waals surface area (Å²) >= 11 is 1.74. The van der Waals surface area contributed by atoms with Gasteiger partial charge in [0.1, 0.15) is 0 Å². The number of fused-ring (bicyclic) bond motifs is 1. The van der Waals surface area contributed by atoms with Crippen LogP contribution in [0.25, 0.3) is 10.9 Å². The Balaban J connectivity index is 1.50. The molecule has 1 aliphatic rings. The van der Waals surface area contributed by atoms with Gasteiger partial charge in [-0.3, -0.25) is 9.69 Å². The fraction of sp³-hybridized carbons (Fsp3) is 0.381. The molecule has 1 fully saturated rings. The quantitative estimate of drug-likeness (QED) is 0.707. The fourth-order valence-corrected chi connectivity index (χ4v) is 4.53. The Bertz CT molecular complexity index is 926. The first kappa shape index (κ1) is 18.2. The van der Waals surface area contributed by atoms with Crippen molar-refractivity contribution in [3.63, 3.8) is 0 Å². The third kappa shape index (κ3) is 3.78. The summed E-state index contributed by atoms with van der Waals surface area (Å²) in [5.41, 5.74) is 4.12. The SMILES string of the molecule is Cc1[nH]c2ccc(C(=O)NCC(c3cccs3)N3CCOCC3)cc2c1C. The first-order valence-corrected chi connectivity index (χ1v) is 10.2. The average Bonchev–Trinajstić information content (AvgIpc) is 3.31. The highest BCUT2D eigenvalue weighted by atomic mass is 32.1. The topological polar surface area (TPSA) is 57.4 Å². The number of nitrogens with zero attached hydrogens (tertiary/aromatic N) is 1. The minimum absolute atomic E-state index is 0.0232. The van der Waals surface area contributed by atoms with Crippen LogP contribution in [0.2, 0.25) is 0 Å². The Morgan fingerprint density at radius 1 is 1.30 bits per heavy atom. The minimum Gasteiger partial charge on any atom is -0.379 e. The molecule has 6 heteroatoms. The summed E-state index contributed by atoms with van der Waals surface area (Å²) in [6.07, 6.45) is 0. The van der Waals surface area contributed by atoms with E-state index in [1.807, 2.05) is 18.2 Å². The second kappa shape index (κ2) is 7.84. The van der Waals surface area contributed by atoms with E-state index in [1.165, 1.54) is 10.4 Å². The minimum atomic E-state index is -0.0232. The van der Waals surface area contributed by atoms with Crippen molar-refractivity contribution in [2.45, 2.75) is 19.9 Å². The zero-order chi connectivity index (χ0) is 18.8. The van der Waals surface area contributed by atoms with Gasteiger partial charge in [0.05, 0.1) is 19.3 Å². The zero-order valence-electron chi connectivity index (χ0n) is 15.7. The van der Waals surface area contributed by atoms with Crippen LogP contribution in [-0.2, 0) is 4.74 Å². The molecule has 2 N–H and O–H groups in total. The van der Waals surface area contributed by atoms with E-state index < -0.39 is 0 Å². The first-order chi connectivity index (χ1) is 13.1. The van der Waals surface area contributed by atoms with Crippen LogP contribution in [0.1, 0.15) is 32.5 Å². The Labute approximate surface area is 163 Å². The molecule has 142 valence electrons. The summed E-state index contributed by atoms with van der Waals surface area (Å²) < 4.78 is 5.49. The molecule has 1 atom stereocenters. The van der Waals surface area contributed by atoms with Crippen molar-refractivity contribution >= 4 is 28.1 Å². The molecule has 1 amide bonds. The normalized spacial score (nSPS) is 16.5. The number of nitrogens with one attached hydrogen (secondary N) is 2. The van der Waals surface area contributed by atoms with Gasteiger partial charge < -0.3 is 15.0 Å². The lowest BCUT2D eigenvalue weighted by Crippen LogP contribution is -2.43. The molecule has 3 aromatic rings. The van der Waals surface area contributed by atoms with Crippen molar-refractivity contribution in [1.82, 2.24) is 15.2 Å². The number of thiophene rings is 1. The van der Waals surface area contributed by atoms with Crippen molar-refractivity contribution in [3.8, 4) is 0 Å². The predicted octanol–water partition coefficient (Wildman–Crippen LogP) is 3.65. The van der Waals surface area contributed by atoms with E-state index in [-0.39, 0.29) is 11.9 Å². The van der Waals surface area contributed by atoms with Gasteiger partial charge in [0.2, 0.25) is 0 Å². The molecule has 4 rings (SSSR count). The average molecular weight is 384 g/mol. The Hall–Kier alpha value is -2.15. The van der Waals surface area contributed by atoms with Gasteiger partial charge in [-0.1, -0.05) is 6.07 Å². The van der Waals surface area contributed by atoms with Crippen LogP contribution in [0.3, 0.4) is 0 Å². The van der Waals surface area contributed by atoms with E-state index in [0.29, 0.717) is 12.1 Å². The summed E-state index contributed by atoms with van der Waals surface area (Å²) in [6, 6.07) is 10.3. The number of aryl methyl sites for hydroxylation is 2. The van der Waals surface area contributed by atoms with Crippen LogP contribution >= 0.6 is 11.3 Å². The van der Waals surface area contributed by atoms with Gasteiger partial charge in [0.25, 0.3) is 5.91 Å². The number of amides is 1. The predicted molar refractivity (Wildman–Crippen MR) is 110 cm³/mol. The Morgan fingerprint density at radius 2 is 2.11 bits per heavy atom. The number of carbonyl (C=O) groups excluding carboxylic acids is 1. The molecule has 0 spiro atoms. The van der Waals surface area contributed by atoms with Crippen LogP contribution in [0, 0.1) is 13.8 Å². The molecule has 0 saturated carbocycles. The Kier molecular flexibility index (Phi) is 5.29. The molecule has 1 aromatic carbocycles. The molecule has 1 unspecified atom stereocenters. The van der Waals surface area contributed by atoms with E-state index in [1.54, 1.807) is 11.3 Å². The largest absolute Gasteiger partial charge is 0.379 e. The molecular formula is C21H25N3O2S. The molecule has 27 heavy (non-hydrogen) atoms. The standard InChI is InChI=1S/C21H25N3O2S/c1-14-15(2)23-18-6-5-16(12-17(14)18)21(25)22-13-19(20-4-3-11-27-20)24-7-9-26-10-8-24/h3-6,11-12,19,23H,7-10,13H2,1-2H3,(H,22,25). The van der Waals surface area contributed by atoms with Crippen molar-refractivity contribution < 1.29 is 9.53 Å². The van der Waals surface area contributed by atoms with E-state index in [0.717, 1.165) is 42.9 Å². The molecule has 1 aliphatic heterocycles. The summed E-state index contributed by atoms with van der Waals surface area (Å²) in [7, 11) is 0. The number of hydrogen-bond donors (Lipinski definition) is 2. The Morgan fingerprint density at radius 3 is 2.85 bits per heavy atom. The highest BCUT2D eigenvalue weighted by Gasteiger charge is 2.24. The number of morpholine rings is 1. The van der Waals surface area contributed by atoms with Crippen LogP contribution in [0.5, 0.6) is 0 Å². The molecule has 0 aliphatic carbocycles. The summed E-state index contributed by atoms with van der Waals surface area (Å²) in [5.74, 6) is -0.0232. The van der Waals surface area contributed by atoms with Gasteiger partial charge in [0.15, 0.2) is 0 Å². The number of ether oxygens (including phenoxy) is 1. The van der Waals surface area contributed by atoms with E-state index >= 15 is 0 Å². The number of aromatic amines is 1. The number of H-pyrrole nitrogens is 1. The van der Waals surface area contributed by atoms with Crippen LogP contribution < -0.4 is 5.32 Å². The second-order valence-corrected chi connectivity index (χ2v) is 8.00. The van der Waals surface area contributed by atoms with Crippen molar-refractivity contribution in [2.24, 2.45) is 0 Å². The smallest absolute Gasteiger partial charge is 0.251 e. The molecule has 0 bridgehead atoms. The lowest BCUT2D eigenvalue weighted by Gasteiger charge is -2.34. The van der Waals surface area contributed by atoms with Gasteiger partial charge in [-0.15, -0.1) is 11.3 Å². The maximum absolute atomic E-state index is 12.8.